The van der Waals surface area contributed by atoms with Crippen molar-refractivity contribution in [2.24, 2.45) is 14.1 Å². The SMILES string of the molecule is Cc1nc(C)c([N+](=O)[O-])[nH]1.Cc1nc([N+](=O)[O-])c(C)n1C.Cc1nc([N+](=O)[O-])cn1C.Cc1ncc([N+](=O)[O-])[nH]1.O=[N+]([O-])c1cnc[nH]1. The molecule has 0 bridgehead atoms. The number of imidazole rings is 5. The molecule has 0 radical (unpaired) electrons. The minimum Gasteiger partial charge on any atom is -0.358 e. The van der Waals surface area contributed by atoms with E-state index in [0.29, 0.717) is 34.7 Å². The van der Waals surface area contributed by atoms with Crippen LogP contribution in [0.25, 0.3) is 0 Å². The van der Waals surface area contributed by atoms with E-state index in [2.05, 4.69) is 39.9 Å². The molecule has 5 heterocycles. The number of H-pyrrole nitrogens is 3. The maximum absolute atomic E-state index is 10.3. The zero-order valence-electron chi connectivity index (χ0n) is 26.8. The van der Waals surface area contributed by atoms with Crippen LogP contribution in [0.2, 0.25) is 0 Å². The van der Waals surface area contributed by atoms with Crippen LogP contribution in [0.3, 0.4) is 0 Å². The molecule has 0 aliphatic carbocycles. The van der Waals surface area contributed by atoms with Crippen LogP contribution in [-0.4, -0.2) is 73.6 Å². The summed E-state index contributed by atoms with van der Waals surface area (Å²) in [6.07, 6.45) is 4.99. The molecule has 0 spiro atoms. The topological polar surface area (TPSA) is 337 Å². The van der Waals surface area contributed by atoms with Crippen molar-refractivity contribution in [2.45, 2.75) is 41.5 Å². The summed E-state index contributed by atoms with van der Waals surface area (Å²) in [5.74, 6) is 2.13. The number of nitro groups is 5. The number of rotatable bonds is 5. The average molecular weight is 678 g/mol. The van der Waals surface area contributed by atoms with E-state index in [1.165, 1.54) is 18.7 Å². The number of aromatic amines is 3. The Kier molecular flexibility index (Phi) is 14.3. The Hall–Kier alpha value is -6.95. The Morgan fingerprint density at radius 2 is 1.27 bits per heavy atom. The van der Waals surface area contributed by atoms with E-state index in [4.69, 9.17) is 0 Å². The largest absolute Gasteiger partial charge is 0.384 e. The van der Waals surface area contributed by atoms with Crippen LogP contribution in [0.1, 0.15) is 34.7 Å². The van der Waals surface area contributed by atoms with Crippen molar-refractivity contribution in [3.8, 4) is 0 Å². The Labute approximate surface area is 268 Å². The quantitative estimate of drug-likeness (QED) is 0.177. The molecule has 0 atom stereocenters. The van der Waals surface area contributed by atoms with Gasteiger partial charge in [0.25, 0.3) is 0 Å². The van der Waals surface area contributed by atoms with Crippen LogP contribution in [0.15, 0.2) is 24.9 Å². The van der Waals surface area contributed by atoms with Crippen molar-refractivity contribution < 1.29 is 24.6 Å². The molecule has 25 nitrogen and oxygen atoms in total. The number of hydrogen-bond donors (Lipinski definition) is 3. The highest BCUT2D eigenvalue weighted by atomic mass is 16.6. The summed E-state index contributed by atoms with van der Waals surface area (Å²) in [5.41, 5.74) is 1.02. The van der Waals surface area contributed by atoms with Gasteiger partial charge in [-0.2, -0.15) is 0 Å². The van der Waals surface area contributed by atoms with Gasteiger partial charge in [0.1, 0.15) is 30.0 Å². The molecule has 0 saturated carbocycles. The monoisotopic (exact) mass is 677 g/mol. The lowest BCUT2D eigenvalue weighted by atomic mass is 10.5. The van der Waals surface area contributed by atoms with Gasteiger partial charge in [-0.15, -0.1) is 0 Å². The van der Waals surface area contributed by atoms with Gasteiger partial charge in [0, 0.05) is 41.8 Å². The fraction of sp³-hybridized carbons (Fsp3) is 0.348. The molecule has 5 rings (SSSR count). The first-order chi connectivity index (χ1) is 22.3. The summed E-state index contributed by atoms with van der Waals surface area (Å²) < 4.78 is 3.30. The Balaban J connectivity index is 0.000000301. The molecule has 0 aromatic carbocycles. The molecular formula is C23H31N15O10. The fourth-order valence-corrected chi connectivity index (χ4v) is 3.12. The first-order valence-electron chi connectivity index (χ1n) is 13.0. The predicted molar refractivity (Wildman–Crippen MR) is 164 cm³/mol. The smallest absolute Gasteiger partial charge is 0.358 e. The van der Waals surface area contributed by atoms with Gasteiger partial charge in [0.2, 0.25) is 11.6 Å². The molecule has 3 N–H and O–H groups in total. The molecule has 0 saturated heterocycles. The van der Waals surface area contributed by atoms with Gasteiger partial charge in [0.05, 0.1) is 0 Å². The average Bonchev–Trinajstić information content (AvgIpc) is 3.83. The van der Waals surface area contributed by atoms with E-state index in [0.717, 1.165) is 6.20 Å². The molecule has 25 heteroatoms. The van der Waals surface area contributed by atoms with Crippen molar-refractivity contribution in [3.63, 3.8) is 0 Å². The van der Waals surface area contributed by atoms with Crippen molar-refractivity contribution >= 4 is 29.1 Å². The van der Waals surface area contributed by atoms with E-state index in [1.807, 2.05) is 0 Å². The van der Waals surface area contributed by atoms with Gasteiger partial charge in [-0.25, -0.2) is 29.9 Å². The summed E-state index contributed by atoms with van der Waals surface area (Å²) in [5, 5.41) is 50.3. The molecule has 0 aliphatic rings. The first kappa shape index (κ1) is 39.1. The third kappa shape index (κ3) is 11.9. The standard InChI is InChI=1S/C6H9N3O2.2C5H7N3O2.C4H5N3O2.C3H3N3O2/c1-4-6(9(10)11)7-5(2)8(4)3;1-4-6-5(8(9)10)3-7(4)2;1-3-5(8(9)10)7-4(2)6-3;1-3-5-2-4(6-3)7(8)9;7-6(8)3-1-4-2-5-3/h1-3H3;3H,1-2H3;1-2H3,(H,6,7);2H,1H3,(H,5,6);1-2H,(H,4,5). The van der Waals surface area contributed by atoms with Gasteiger partial charge in [-0.3, -0.25) is 0 Å². The minimum atomic E-state index is -0.535. The molecule has 0 unspecified atom stereocenters. The second kappa shape index (κ2) is 17.5. The summed E-state index contributed by atoms with van der Waals surface area (Å²) in [7, 11) is 3.47. The van der Waals surface area contributed by atoms with E-state index in [-0.39, 0.29) is 29.1 Å². The van der Waals surface area contributed by atoms with Crippen LogP contribution < -0.4 is 0 Å². The molecule has 5 aromatic rings. The predicted octanol–water partition coefficient (Wildman–Crippen LogP) is 3.46. The van der Waals surface area contributed by atoms with Gasteiger partial charge in [0.15, 0.2) is 18.0 Å². The fourth-order valence-electron chi connectivity index (χ4n) is 3.12. The Morgan fingerprint density at radius 1 is 0.667 bits per heavy atom. The minimum absolute atomic E-state index is 0.0162. The molecule has 0 amide bonds. The zero-order chi connectivity index (χ0) is 36.9. The number of hydrogen-bond acceptors (Lipinski definition) is 15. The second-order valence-electron chi connectivity index (χ2n) is 9.22. The lowest BCUT2D eigenvalue weighted by molar-refractivity contribution is -0.390. The van der Waals surface area contributed by atoms with Crippen LogP contribution >= 0.6 is 0 Å². The Bertz CT molecular complexity index is 1850. The molecular weight excluding hydrogens is 646 g/mol. The number of nitrogens with zero attached hydrogens (tertiary/aromatic N) is 12. The number of nitrogens with one attached hydrogen (secondary N) is 3. The number of aromatic nitrogens is 10. The van der Waals surface area contributed by atoms with Gasteiger partial charge < -0.3 is 59.7 Å². The van der Waals surface area contributed by atoms with Crippen LogP contribution in [0.5, 0.6) is 0 Å². The summed E-state index contributed by atoms with van der Waals surface area (Å²) in [6, 6.07) is 0. The highest BCUT2D eigenvalue weighted by molar-refractivity contribution is 5.28. The van der Waals surface area contributed by atoms with Gasteiger partial charge >= 0.3 is 29.1 Å². The third-order valence-electron chi connectivity index (χ3n) is 5.76. The Morgan fingerprint density at radius 3 is 1.48 bits per heavy atom. The molecule has 5 aromatic heterocycles. The first-order valence-corrected chi connectivity index (χ1v) is 13.0. The highest BCUT2D eigenvalue weighted by Crippen LogP contribution is 2.16. The van der Waals surface area contributed by atoms with E-state index >= 15 is 0 Å². The molecule has 48 heavy (non-hydrogen) atoms. The van der Waals surface area contributed by atoms with Gasteiger partial charge in [-0.1, -0.05) is 0 Å². The van der Waals surface area contributed by atoms with Crippen molar-refractivity contribution in [1.82, 2.24) is 49.0 Å². The maximum atomic E-state index is 10.3. The van der Waals surface area contributed by atoms with Crippen LogP contribution in [-0.2, 0) is 14.1 Å². The summed E-state index contributed by atoms with van der Waals surface area (Å²) in [6.45, 7) is 10.1. The number of aryl methyl sites for hydroxylation is 6. The van der Waals surface area contributed by atoms with Crippen molar-refractivity contribution in [2.75, 3.05) is 0 Å². The molecule has 258 valence electrons. The molecule has 0 fully saturated rings. The lowest BCUT2D eigenvalue weighted by Crippen LogP contribution is -1.94. The normalized spacial score (nSPS) is 9.67. The maximum Gasteiger partial charge on any atom is 0.384 e. The highest BCUT2D eigenvalue weighted by Gasteiger charge is 2.19. The summed E-state index contributed by atoms with van der Waals surface area (Å²) >= 11 is 0. The molecule has 0 aliphatic heterocycles. The zero-order valence-corrected chi connectivity index (χ0v) is 26.8. The van der Waals surface area contributed by atoms with Crippen LogP contribution in [0.4, 0.5) is 29.1 Å². The van der Waals surface area contributed by atoms with Crippen LogP contribution in [0, 0.1) is 92.1 Å². The summed E-state index contributed by atoms with van der Waals surface area (Å²) in [4.78, 5) is 73.5. The van der Waals surface area contributed by atoms with E-state index in [9.17, 15) is 50.6 Å². The van der Waals surface area contributed by atoms with Gasteiger partial charge in [-0.05, 0) is 48.4 Å². The van der Waals surface area contributed by atoms with E-state index < -0.39 is 24.6 Å². The second-order valence-corrected chi connectivity index (χ2v) is 9.22. The van der Waals surface area contributed by atoms with E-state index in [1.54, 1.807) is 64.8 Å². The lowest BCUT2D eigenvalue weighted by Gasteiger charge is -1.92. The van der Waals surface area contributed by atoms with Crippen molar-refractivity contribution in [1.29, 1.82) is 0 Å². The third-order valence-corrected chi connectivity index (χ3v) is 5.76. The van der Waals surface area contributed by atoms with Crippen molar-refractivity contribution in [3.05, 3.63) is 110 Å².